The van der Waals surface area contributed by atoms with E-state index in [4.69, 9.17) is 9.47 Å². The van der Waals surface area contributed by atoms with Gasteiger partial charge in [-0.15, -0.1) is 0 Å². The van der Waals surface area contributed by atoms with E-state index in [0.717, 1.165) is 66.4 Å². The van der Waals surface area contributed by atoms with Crippen LogP contribution in [-0.2, 0) is 6.54 Å². The summed E-state index contributed by atoms with van der Waals surface area (Å²) in [7, 11) is 0. The number of ether oxygens (including phenoxy) is 2. The van der Waals surface area contributed by atoms with E-state index in [9.17, 15) is 9.90 Å². The fraction of sp³-hybridized carbons (Fsp3) is 0.429. The Balaban J connectivity index is 1.31. The van der Waals surface area contributed by atoms with Crippen molar-refractivity contribution in [2.24, 2.45) is 0 Å². The molecule has 2 aliphatic rings. The Hall–Kier alpha value is -3.32. The van der Waals surface area contributed by atoms with E-state index >= 15 is 0 Å². The number of aromatic carboxylic acids is 1. The van der Waals surface area contributed by atoms with E-state index < -0.39 is 5.97 Å². The number of hydrogen-bond donors (Lipinski definition) is 1. The zero-order valence-electron chi connectivity index (χ0n) is 20.9. The van der Waals surface area contributed by atoms with E-state index in [2.05, 4.69) is 52.6 Å². The van der Waals surface area contributed by atoms with Crippen LogP contribution in [0.3, 0.4) is 0 Å². The summed E-state index contributed by atoms with van der Waals surface area (Å²) in [6.45, 7) is 11.5. The molecule has 184 valence electrons. The molecule has 0 radical (unpaired) electrons. The zero-order chi connectivity index (χ0) is 24.7. The predicted octanol–water partition coefficient (Wildman–Crippen LogP) is 5.46. The summed E-state index contributed by atoms with van der Waals surface area (Å²) in [4.78, 5) is 18.5. The molecule has 2 aliphatic heterocycles. The number of carboxylic acid groups (broad SMARTS) is 1. The van der Waals surface area contributed by atoms with Gasteiger partial charge in [0.05, 0.1) is 23.2 Å². The molecule has 0 saturated carbocycles. The number of hydrogen-bond acceptors (Lipinski definition) is 5. The van der Waals surface area contributed by atoms with Crippen molar-refractivity contribution in [1.82, 2.24) is 14.5 Å². The highest BCUT2D eigenvalue weighted by molar-refractivity contribution is 5.92. The van der Waals surface area contributed by atoms with Gasteiger partial charge in [-0.2, -0.15) is 0 Å². The number of nitrogens with zero attached hydrogens (tertiary/aromatic N) is 3. The normalized spacial score (nSPS) is 17.8. The number of aryl methyl sites for hydroxylation is 1. The number of fused-ring (bicyclic) bond motifs is 2. The molecule has 0 unspecified atom stereocenters. The fourth-order valence-corrected chi connectivity index (χ4v) is 5.26. The van der Waals surface area contributed by atoms with Crippen LogP contribution in [0.15, 0.2) is 36.4 Å². The fourth-order valence-electron chi connectivity index (χ4n) is 5.26. The van der Waals surface area contributed by atoms with Crippen molar-refractivity contribution in [1.29, 1.82) is 0 Å². The summed E-state index contributed by atoms with van der Waals surface area (Å²) in [5.74, 6) is 1.66. The molecule has 0 amide bonds. The molecule has 7 heteroatoms. The largest absolute Gasteiger partial charge is 0.490 e. The third kappa shape index (κ3) is 4.65. The molecule has 0 atom stereocenters. The maximum atomic E-state index is 11.3. The van der Waals surface area contributed by atoms with Crippen molar-refractivity contribution < 1.29 is 19.4 Å². The third-order valence-corrected chi connectivity index (χ3v) is 6.91. The second-order valence-corrected chi connectivity index (χ2v) is 10.0. The van der Waals surface area contributed by atoms with Crippen LogP contribution < -0.4 is 9.47 Å². The van der Waals surface area contributed by atoms with Crippen LogP contribution in [0, 0.1) is 6.92 Å². The lowest BCUT2D eigenvalue weighted by atomic mass is 9.99. The van der Waals surface area contributed by atoms with E-state index in [-0.39, 0.29) is 11.2 Å². The summed E-state index contributed by atoms with van der Waals surface area (Å²) >= 11 is 0. The Morgan fingerprint density at radius 3 is 2.71 bits per heavy atom. The third-order valence-electron chi connectivity index (χ3n) is 6.91. The van der Waals surface area contributed by atoms with Gasteiger partial charge in [0.25, 0.3) is 0 Å². The SMILES string of the molecule is CCOc1cc(CN2CCC(n3c(C)nc4cc(C(=O)O)ccc43)CC2)cc2c1OC(C)(C)C=C2. The maximum absolute atomic E-state index is 11.3. The first-order valence-electron chi connectivity index (χ1n) is 12.4. The molecular formula is C28H33N3O4. The Morgan fingerprint density at radius 2 is 2.00 bits per heavy atom. The lowest BCUT2D eigenvalue weighted by Gasteiger charge is -2.34. The van der Waals surface area contributed by atoms with Gasteiger partial charge in [0.15, 0.2) is 11.5 Å². The molecule has 3 heterocycles. The Bertz CT molecular complexity index is 1300. The van der Waals surface area contributed by atoms with E-state index in [1.807, 2.05) is 19.9 Å². The van der Waals surface area contributed by atoms with Gasteiger partial charge in [0.1, 0.15) is 11.4 Å². The predicted molar refractivity (Wildman–Crippen MR) is 136 cm³/mol. The molecule has 0 bridgehead atoms. The molecule has 7 nitrogen and oxygen atoms in total. The zero-order valence-corrected chi connectivity index (χ0v) is 20.9. The summed E-state index contributed by atoms with van der Waals surface area (Å²) in [5, 5.41) is 9.30. The molecule has 35 heavy (non-hydrogen) atoms. The lowest BCUT2D eigenvalue weighted by molar-refractivity contribution is 0.0697. The van der Waals surface area contributed by atoms with E-state index in [1.54, 1.807) is 12.1 Å². The average Bonchev–Trinajstić information content (AvgIpc) is 3.15. The number of piperidine rings is 1. The molecule has 1 saturated heterocycles. The first-order chi connectivity index (χ1) is 16.7. The van der Waals surface area contributed by atoms with Crippen LogP contribution >= 0.6 is 0 Å². The average molecular weight is 476 g/mol. The standard InChI is InChI=1S/C28H33N3O4/c1-5-34-25-15-19(14-20-8-11-28(3,4)35-26(20)25)17-30-12-9-22(10-13-30)31-18(2)29-23-16-21(27(32)33)6-7-24(23)31/h6-8,11,14-16,22H,5,9-10,12-13,17H2,1-4H3,(H,32,33). The van der Waals surface area contributed by atoms with E-state index in [1.165, 1.54) is 5.56 Å². The topological polar surface area (TPSA) is 76.8 Å². The summed E-state index contributed by atoms with van der Waals surface area (Å²) in [5.41, 5.74) is 3.99. The number of carboxylic acids is 1. The number of imidazole rings is 1. The number of benzene rings is 2. The number of likely N-dealkylation sites (tertiary alicyclic amines) is 1. The van der Waals surface area contributed by atoms with Crippen molar-refractivity contribution >= 4 is 23.1 Å². The van der Waals surface area contributed by atoms with Gasteiger partial charge >= 0.3 is 5.97 Å². The molecule has 1 fully saturated rings. The minimum Gasteiger partial charge on any atom is -0.490 e. The second-order valence-electron chi connectivity index (χ2n) is 10.0. The van der Waals surface area contributed by atoms with Crippen molar-refractivity contribution in [3.63, 3.8) is 0 Å². The Labute approximate surface area is 206 Å². The van der Waals surface area contributed by atoms with Gasteiger partial charge in [-0.05, 0) is 82.5 Å². The van der Waals surface area contributed by atoms with Gasteiger partial charge in [0, 0.05) is 31.2 Å². The molecule has 0 aliphatic carbocycles. The van der Waals surface area contributed by atoms with Crippen LogP contribution in [0.25, 0.3) is 17.1 Å². The Morgan fingerprint density at radius 1 is 1.23 bits per heavy atom. The molecule has 1 N–H and O–H groups in total. The minimum absolute atomic E-state index is 0.275. The molecule has 5 rings (SSSR count). The van der Waals surface area contributed by atoms with Crippen LogP contribution in [0.4, 0.5) is 0 Å². The molecule has 2 aromatic carbocycles. The second kappa shape index (κ2) is 9.04. The van der Waals surface area contributed by atoms with E-state index in [0.29, 0.717) is 12.6 Å². The highest BCUT2D eigenvalue weighted by Crippen LogP contribution is 2.40. The Kier molecular flexibility index (Phi) is 6.05. The van der Waals surface area contributed by atoms with Gasteiger partial charge in [-0.25, -0.2) is 9.78 Å². The minimum atomic E-state index is -0.923. The van der Waals surface area contributed by atoms with Crippen molar-refractivity contribution in [2.75, 3.05) is 19.7 Å². The highest BCUT2D eigenvalue weighted by atomic mass is 16.5. The quantitative estimate of drug-likeness (QED) is 0.510. The first kappa shape index (κ1) is 23.4. The van der Waals surface area contributed by atoms with Gasteiger partial charge in [-0.1, -0.05) is 6.08 Å². The van der Waals surface area contributed by atoms with Crippen LogP contribution in [0.5, 0.6) is 11.5 Å². The lowest BCUT2D eigenvalue weighted by Crippen LogP contribution is -2.34. The molecule has 3 aromatic rings. The monoisotopic (exact) mass is 475 g/mol. The number of aromatic nitrogens is 2. The molecule has 0 spiro atoms. The smallest absolute Gasteiger partial charge is 0.335 e. The highest BCUT2D eigenvalue weighted by Gasteiger charge is 2.27. The van der Waals surface area contributed by atoms with Gasteiger partial charge in [-0.3, -0.25) is 4.90 Å². The van der Waals surface area contributed by atoms with Crippen molar-refractivity contribution in [2.45, 2.75) is 58.7 Å². The van der Waals surface area contributed by atoms with Crippen LogP contribution in [0.1, 0.15) is 67.0 Å². The van der Waals surface area contributed by atoms with Crippen LogP contribution in [0.2, 0.25) is 0 Å². The summed E-state index contributed by atoms with van der Waals surface area (Å²) in [6, 6.07) is 9.92. The van der Waals surface area contributed by atoms with Gasteiger partial charge < -0.3 is 19.1 Å². The summed E-state index contributed by atoms with van der Waals surface area (Å²) < 4.78 is 14.4. The number of carbonyl (C=O) groups is 1. The van der Waals surface area contributed by atoms with Crippen molar-refractivity contribution in [3.8, 4) is 11.5 Å². The summed E-state index contributed by atoms with van der Waals surface area (Å²) in [6.07, 6.45) is 6.28. The van der Waals surface area contributed by atoms with Crippen LogP contribution in [-0.4, -0.2) is 50.8 Å². The number of rotatable bonds is 6. The first-order valence-corrected chi connectivity index (χ1v) is 12.4. The molecular weight excluding hydrogens is 442 g/mol. The van der Waals surface area contributed by atoms with Gasteiger partial charge in [0.2, 0.25) is 0 Å². The maximum Gasteiger partial charge on any atom is 0.335 e. The molecule has 1 aromatic heterocycles. The van der Waals surface area contributed by atoms with Crippen molar-refractivity contribution in [3.05, 3.63) is 58.9 Å².